The van der Waals surface area contributed by atoms with Crippen LogP contribution in [0.1, 0.15) is 61.5 Å². The number of aromatic nitrogens is 1. The van der Waals surface area contributed by atoms with Crippen molar-refractivity contribution in [1.29, 1.82) is 0 Å². The predicted molar refractivity (Wildman–Crippen MR) is 113 cm³/mol. The highest BCUT2D eigenvalue weighted by Crippen LogP contribution is 2.61. The van der Waals surface area contributed by atoms with Crippen molar-refractivity contribution in [3.05, 3.63) is 59.9 Å². The lowest BCUT2D eigenvalue weighted by Gasteiger charge is -2.59. The van der Waals surface area contributed by atoms with Crippen LogP contribution < -0.4 is 5.32 Å². The normalized spacial score (nSPS) is 30.9. The predicted octanol–water partition coefficient (Wildman–Crippen LogP) is 4.44. The first kappa shape index (κ1) is 18.7. The van der Waals surface area contributed by atoms with Gasteiger partial charge in [0.2, 0.25) is 11.7 Å². The molecule has 152 valence electrons. The molecule has 4 aliphatic carbocycles. The van der Waals surface area contributed by atoms with Gasteiger partial charge in [0.1, 0.15) is 6.54 Å². The first-order chi connectivity index (χ1) is 14.0. The van der Waals surface area contributed by atoms with Crippen molar-refractivity contribution >= 4 is 11.7 Å². The monoisotopic (exact) mass is 390 g/mol. The summed E-state index contributed by atoms with van der Waals surface area (Å²) >= 11 is 0. The number of hydrogen-bond acceptors (Lipinski definition) is 2. The number of hydrogen-bond donors (Lipinski definition) is 1. The number of nitrogens with one attached hydrogen (secondary N) is 1. The zero-order valence-corrected chi connectivity index (χ0v) is 17.1. The molecule has 4 bridgehead atoms. The minimum atomic E-state index is -0.0440. The van der Waals surface area contributed by atoms with Crippen LogP contribution in [-0.4, -0.2) is 22.3 Å². The number of carbonyl (C=O) groups is 2. The molecule has 4 fully saturated rings. The molecular weight excluding hydrogens is 360 g/mol. The molecule has 4 saturated carbocycles. The number of carbonyl (C=O) groups excluding carboxylic acids is 2. The minimum absolute atomic E-state index is 0.00607. The summed E-state index contributed by atoms with van der Waals surface area (Å²) in [4.78, 5) is 25.7. The topological polar surface area (TPSA) is 51.1 Å². The second-order valence-electron chi connectivity index (χ2n) is 9.79. The minimum Gasteiger partial charge on any atom is -0.352 e. The van der Waals surface area contributed by atoms with Gasteiger partial charge in [-0.05, 0) is 80.8 Å². The fourth-order valence-corrected chi connectivity index (χ4v) is 6.80. The Kier molecular flexibility index (Phi) is 4.60. The summed E-state index contributed by atoms with van der Waals surface area (Å²) in [6, 6.07) is 13.1. The largest absolute Gasteiger partial charge is 0.352 e. The van der Waals surface area contributed by atoms with Gasteiger partial charge in [-0.2, -0.15) is 0 Å². The number of ketones is 1. The summed E-state index contributed by atoms with van der Waals surface area (Å²) in [7, 11) is 0. The molecular formula is C25H30N2O2. The molecule has 0 spiro atoms. The van der Waals surface area contributed by atoms with Crippen LogP contribution in [0.2, 0.25) is 0 Å². The standard InChI is InChI=1S/C25H30N2O2/c1-17(25-13-18-10-19(14-25)12-20(11-18)15-25)26-23(28)16-27-9-5-8-22(27)24(29)21-6-3-2-4-7-21/h2-9,17-20H,10-16H2,1H3,(H,26,28). The number of rotatable bonds is 6. The summed E-state index contributed by atoms with van der Waals surface area (Å²) in [6.45, 7) is 2.40. The molecule has 1 unspecified atom stereocenters. The van der Waals surface area contributed by atoms with Gasteiger partial charge in [-0.1, -0.05) is 30.3 Å². The molecule has 0 radical (unpaired) electrons. The molecule has 4 nitrogen and oxygen atoms in total. The summed E-state index contributed by atoms with van der Waals surface area (Å²) in [5.74, 6) is 2.59. The van der Waals surface area contributed by atoms with Gasteiger partial charge in [0.25, 0.3) is 0 Å². The van der Waals surface area contributed by atoms with Crippen LogP contribution >= 0.6 is 0 Å². The van der Waals surface area contributed by atoms with Gasteiger partial charge in [0, 0.05) is 17.8 Å². The van der Waals surface area contributed by atoms with Gasteiger partial charge >= 0.3 is 0 Å². The molecule has 4 heteroatoms. The molecule has 1 atom stereocenters. The Labute approximate surface area is 172 Å². The van der Waals surface area contributed by atoms with Crippen LogP contribution in [0.5, 0.6) is 0 Å². The molecule has 1 N–H and O–H groups in total. The number of amides is 1. The first-order valence-electron chi connectivity index (χ1n) is 11.1. The summed E-state index contributed by atoms with van der Waals surface area (Å²) in [5.41, 5.74) is 1.51. The zero-order valence-electron chi connectivity index (χ0n) is 17.1. The van der Waals surface area contributed by atoms with E-state index in [9.17, 15) is 9.59 Å². The first-order valence-corrected chi connectivity index (χ1v) is 11.1. The van der Waals surface area contributed by atoms with E-state index in [2.05, 4.69) is 12.2 Å². The molecule has 0 saturated heterocycles. The number of nitrogens with zero attached hydrogens (tertiary/aromatic N) is 1. The van der Waals surface area contributed by atoms with Crippen LogP contribution in [0.15, 0.2) is 48.7 Å². The smallest absolute Gasteiger partial charge is 0.240 e. The number of benzene rings is 1. The van der Waals surface area contributed by atoms with Gasteiger partial charge < -0.3 is 9.88 Å². The molecule has 4 aliphatic rings. The van der Waals surface area contributed by atoms with E-state index >= 15 is 0 Å². The summed E-state index contributed by atoms with van der Waals surface area (Å²) in [5, 5.41) is 3.31. The third-order valence-corrected chi connectivity index (χ3v) is 7.79. The van der Waals surface area contributed by atoms with Crippen molar-refractivity contribution in [3.8, 4) is 0 Å². The van der Waals surface area contributed by atoms with Crippen LogP contribution in [0.3, 0.4) is 0 Å². The fourth-order valence-electron chi connectivity index (χ4n) is 6.80. The van der Waals surface area contributed by atoms with E-state index in [1.807, 2.05) is 42.6 Å². The van der Waals surface area contributed by atoms with Crippen LogP contribution in [0.4, 0.5) is 0 Å². The highest BCUT2D eigenvalue weighted by Gasteiger charge is 2.53. The van der Waals surface area contributed by atoms with E-state index in [1.165, 1.54) is 38.5 Å². The second-order valence-corrected chi connectivity index (χ2v) is 9.79. The molecule has 1 amide bonds. The van der Waals surface area contributed by atoms with Crippen molar-refractivity contribution in [2.45, 2.75) is 58.0 Å². The maximum atomic E-state index is 12.9. The van der Waals surface area contributed by atoms with Crippen LogP contribution in [-0.2, 0) is 11.3 Å². The Balaban J connectivity index is 1.26. The van der Waals surface area contributed by atoms with E-state index in [-0.39, 0.29) is 24.3 Å². The Hall–Kier alpha value is -2.36. The van der Waals surface area contributed by atoms with Crippen molar-refractivity contribution in [2.75, 3.05) is 0 Å². The van der Waals surface area contributed by atoms with Gasteiger partial charge in [-0.15, -0.1) is 0 Å². The Morgan fingerprint density at radius 1 is 1.00 bits per heavy atom. The Morgan fingerprint density at radius 3 is 2.24 bits per heavy atom. The van der Waals surface area contributed by atoms with Gasteiger partial charge in [-0.3, -0.25) is 9.59 Å². The summed E-state index contributed by atoms with van der Waals surface area (Å²) < 4.78 is 1.77. The lowest BCUT2D eigenvalue weighted by atomic mass is 9.48. The zero-order chi connectivity index (χ0) is 20.0. The molecule has 2 aromatic rings. The van der Waals surface area contributed by atoms with Crippen molar-refractivity contribution in [1.82, 2.24) is 9.88 Å². The van der Waals surface area contributed by atoms with Crippen molar-refractivity contribution in [3.63, 3.8) is 0 Å². The van der Waals surface area contributed by atoms with Gasteiger partial charge in [0.15, 0.2) is 0 Å². The SMILES string of the molecule is CC(NC(=O)Cn1cccc1C(=O)c1ccccc1)C12CC3CC(CC(C3)C1)C2. The Bertz CT molecular complexity index is 879. The van der Waals surface area contributed by atoms with E-state index in [0.29, 0.717) is 16.7 Å². The quantitative estimate of drug-likeness (QED) is 0.742. The highest BCUT2D eigenvalue weighted by atomic mass is 16.2. The maximum absolute atomic E-state index is 12.9. The molecule has 1 aromatic heterocycles. The lowest BCUT2D eigenvalue weighted by Crippen LogP contribution is -2.56. The highest BCUT2D eigenvalue weighted by molar-refractivity contribution is 6.08. The molecule has 1 aromatic carbocycles. The van der Waals surface area contributed by atoms with Crippen molar-refractivity contribution in [2.24, 2.45) is 23.2 Å². The molecule has 6 rings (SSSR count). The van der Waals surface area contributed by atoms with Crippen LogP contribution in [0, 0.1) is 23.2 Å². The van der Waals surface area contributed by atoms with Gasteiger partial charge in [-0.25, -0.2) is 0 Å². The Morgan fingerprint density at radius 2 is 1.62 bits per heavy atom. The van der Waals surface area contributed by atoms with E-state index < -0.39 is 0 Å². The average Bonchev–Trinajstić information content (AvgIpc) is 3.15. The fraction of sp³-hybridized carbons (Fsp3) is 0.520. The third-order valence-electron chi connectivity index (χ3n) is 7.79. The molecule has 1 heterocycles. The average molecular weight is 391 g/mol. The molecule has 0 aliphatic heterocycles. The second kappa shape index (κ2) is 7.16. The third kappa shape index (κ3) is 3.43. The van der Waals surface area contributed by atoms with Crippen molar-refractivity contribution < 1.29 is 9.59 Å². The summed E-state index contributed by atoms with van der Waals surface area (Å²) in [6.07, 6.45) is 9.90. The van der Waals surface area contributed by atoms with Crippen LogP contribution in [0.25, 0.3) is 0 Å². The van der Waals surface area contributed by atoms with E-state index in [0.717, 1.165) is 17.8 Å². The molecule has 29 heavy (non-hydrogen) atoms. The van der Waals surface area contributed by atoms with E-state index in [1.54, 1.807) is 10.6 Å². The van der Waals surface area contributed by atoms with Gasteiger partial charge in [0.05, 0.1) is 5.69 Å². The lowest BCUT2D eigenvalue weighted by molar-refractivity contribution is -0.126. The van der Waals surface area contributed by atoms with E-state index in [4.69, 9.17) is 0 Å². The maximum Gasteiger partial charge on any atom is 0.240 e.